The lowest BCUT2D eigenvalue weighted by atomic mass is 9.49. The van der Waals surface area contributed by atoms with Crippen molar-refractivity contribution in [1.82, 2.24) is 20.3 Å². The summed E-state index contributed by atoms with van der Waals surface area (Å²) in [5, 5.41) is 3.14. The van der Waals surface area contributed by atoms with E-state index >= 15 is 0 Å². The Labute approximate surface area is 180 Å². The summed E-state index contributed by atoms with van der Waals surface area (Å²) in [7, 11) is 3.90. The number of anilines is 2. The molecule has 5 aliphatic rings. The van der Waals surface area contributed by atoms with Crippen molar-refractivity contribution in [2.75, 3.05) is 37.0 Å². The van der Waals surface area contributed by atoms with Crippen molar-refractivity contribution in [3.05, 3.63) is 5.82 Å². The van der Waals surface area contributed by atoms with Crippen molar-refractivity contribution < 1.29 is 4.79 Å². The van der Waals surface area contributed by atoms with Gasteiger partial charge in [-0.25, -0.2) is 0 Å². The molecular formula is C23H36N6O. The van der Waals surface area contributed by atoms with Crippen LogP contribution in [-0.2, 0) is 11.3 Å². The summed E-state index contributed by atoms with van der Waals surface area (Å²) in [6.07, 6.45) is 12.4. The van der Waals surface area contributed by atoms with Crippen LogP contribution in [0.2, 0.25) is 0 Å². The highest BCUT2D eigenvalue weighted by molar-refractivity contribution is 5.76. The van der Waals surface area contributed by atoms with Gasteiger partial charge in [0.25, 0.3) is 0 Å². The molecule has 0 spiro atoms. The molecule has 4 aliphatic carbocycles. The molecule has 1 saturated heterocycles. The zero-order valence-corrected chi connectivity index (χ0v) is 18.6. The summed E-state index contributed by atoms with van der Waals surface area (Å²) in [4.78, 5) is 31.0. The van der Waals surface area contributed by atoms with Gasteiger partial charge in [0.1, 0.15) is 0 Å². The fourth-order valence-electron chi connectivity index (χ4n) is 7.00. The van der Waals surface area contributed by atoms with Gasteiger partial charge in [-0.2, -0.15) is 15.0 Å². The van der Waals surface area contributed by atoms with Gasteiger partial charge in [0, 0.05) is 33.6 Å². The van der Waals surface area contributed by atoms with Gasteiger partial charge in [-0.1, -0.05) is 0 Å². The second-order valence-corrected chi connectivity index (χ2v) is 10.7. The summed E-state index contributed by atoms with van der Waals surface area (Å²) >= 11 is 0. The summed E-state index contributed by atoms with van der Waals surface area (Å²) in [6, 6.07) is 0. The lowest BCUT2D eigenvalue weighted by Crippen LogP contribution is -2.48. The number of rotatable bonds is 6. The Kier molecular flexibility index (Phi) is 5.31. The molecule has 30 heavy (non-hydrogen) atoms. The molecule has 0 radical (unpaired) electrons. The van der Waals surface area contributed by atoms with E-state index in [4.69, 9.17) is 4.98 Å². The predicted octanol–water partition coefficient (Wildman–Crippen LogP) is 3.15. The Morgan fingerprint density at radius 1 is 1.00 bits per heavy atom. The van der Waals surface area contributed by atoms with Gasteiger partial charge in [-0.3, -0.25) is 4.79 Å². The second-order valence-electron chi connectivity index (χ2n) is 10.7. The molecule has 2 heterocycles. The number of hydrogen-bond donors (Lipinski definition) is 1. The molecule has 1 amide bonds. The van der Waals surface area contributed by atoms with Gasteiger partial charge in [0.05, 0.1) is 6.54 Å². The first-order chi connectivity index (χ1) is 14.5. The molecule has 0 unspecified atom stereocenters. The van der Waals surface area contributed by atoms with E-state index in [-0.39, 0.29) is 11.3 Å². The number of nitrogens with zero attached hydrogens (tertiary/aromatic N) is 5. The Bertz CT molecular complexity index is 753. The van der Waals surface area contributed by atoms with Crippen LogP contribution in [0.3, 0.4) is 0 Å². The Balaban J connectivity index is 1.24. The van der Waals surface area contributed by atoms with Crippen molar-refractivity contribution in [1.29, 1.82) is 0 Å². The van der Waals surface area contributed by atoms with E-state index in [0.717, 1.165) is 36.8 Å². The van der Waals surface area contributed by atoms with Crippen molar-refractivity contribution in [3.8, 4) is 0 Å². The van der Waals surface area contributed by atoms with E-state index in [2.05, 4.69) is 20.2 Å². The number of hydrogen-bond acceptors (Lipinski definition) is 6. The molecule has 7 heteroatoms. The largest absolute Gasteiger partial charge is 0.349 e. The lowest BCUT2D eigenvalue weighted by Gasteiger charge is -2.56. The van der Waals surface area contributed by atoms with Crippen LogP contribution in [0.15, 0.2) is 0 Å². The zero-order chi connectivity index (χ0) is 20.7. The van der Waals surface area contributed by atoms with Gasteiger partial charge >= 0.3 is 0 Å². The van der Waals surface area contributed by atoms with Crippen molar-refractivity contribution >= 4 is 17.8 Å². The molecule has 7 nitrogen and oxygen atoms in total. The third kappa shape index (κ3) is 4.12. The van der Waals surface area contributed by atoms with E-state index in [1.165, 1.54) is 57.8 Å². The predicted molar refractivity (Wildman–Crippen MR) is 117 cm³/mol. The zero-order valence-electron chi connectivity index (χ0n) is 18.6. The smallest absolute Gasteiger partial charge is 0.230 e. The van der Waals surface area contributed by atoms with Crippen LogP contribution in [0.1, 0.15) is 70.0 Å². The number of nitrogens with one attached hydrogen (secondary N) is 1. The topological polar surface area (TPSA) is 74.2 Å². The van der Waals surface area contributed by atoms with Crippen LogP contribution >= 0.6 is 0 Å². The van der Waals surface area contributed by atoms with Crippen LogP contribution in [0.5, 0.6) is 0 Å². The molecule has 5 fully saturated rings. The number of piperidine rings is 1. The van der Waals surface area contributed by atoms with Crippen molar-refractivity contribution in [2.45, 2.75) is 70.8 Å². The second kappa shape index (κ2) is 7.97. The van der Waals surface area contributed by atoms with Gasteiger partial charge in [0.2, 0.25) is 17.8 Å². The standard InChI is InChI=1S/C23H36N6O/c1-28(2)21-25-19(26-22(27-21)29-6-4-3-5-7-29)15-24-20(30)14-23-11-16-8-17(12-23)10-18(9-16)13-23/h16-18H,3-15H2,1-2H3,(H,24,30). The van der Waals surface area contributed by atoms with E-state index in [1.807, 2.05) is 19.0 Å². The van der Waals surface area contributed by atoms with Crippen LogP contribution in [0.4, 0.5) is 11.9 Å². The van der Waals surface area contributed by atoms with Crippen molar-refractivity contribution in [3.63, 3.8) is 0 Å². The molecule has 4 bridgehead atoms. The minimum absolute atomic E-state index is 0.170. The van der Waals surface area contributed by atoms with Gasteiger partial charge in [-0.15, -0.1) is 0 Å². The molecule has 1 aromatic heterocycles. The summed E-state index contributed by atoms with van der Waals surface area (Å²) in [6.45, 7) is 2.37. The normalized spacial score (nSPS) is 32.3. The first kappa shape index (κ1) is 20.0. The fraction of sp³-hybridized carbons (Fsp3) is 0.826. The molecule has 1 N–H and O–H groups in total. The quantitative estimate of drug-likeness (QED) is 0.774. The van der Waals surface area contributed by atoms with Crippen LogP contribution in [-0.4, -0.2) is 48.0 Å². The third-order valence-corrected chi connectivity index (χ3v) is 7.84. The first-order valence-electron chi connectivity index (χ1n) is 11.9. The summed E-state index contributed by atoms with van der Waals surface area (Å²) in [5.74, 6) is 4.87. The maximum absolute atomic E-state index is 12.9. The van der Waals surface area contributed by atoms with Gasteiger partial charge in [-0.05, 0) is 81.0 Å². The maximum Gasteiger partial charge on any atom is 0.230 e. The van der Waals surface area contributed by atoms with Crippen LogP contribution < -0.4 is 15.1 Å². The highest BCUT2D eigenvalue weighted by Crippen LogP contribution is 2.61. The van der Waals surface area contributed by atoms with Gasteiger partial charge < -0.3 is 15.1 Å². The molecule has 1 aromatic rings. The molecule has 0 aromatic carbocycles. The van der Waals surface area contributed by atoms with E-state index < -0.39 is 0 Å². The highest BCUT2D eigenvalue weighted by atomic mass is 16.1. The molecule has 6 rings (SSSR count). The van der Waals surface area contributed by atoms with Crippen LogP contribution in [0, 0.1) is 23.2 Å². The highest BCUT2D eigenvalue weighted by Gasteiger charge is 2.51. The molecular weight excluding hydrogens is 376 g/mol. The van der Waals surface area contributed by atoms with Crippen LogP contribution in [0.25, 0.3) is 0 Å². The van der Waals surface area contributed by atoms with E-state index in [9.17, 15) is 4.79 Å². The number of amides is 1. The lowest BCUT2D eigenvalue weighted by molar-refractivity contribution is -0.129. The third-order valence-electron chi connectivity index (χ3n) is 7.84. The first-order valence-corrected chi connectivity index (χ1v) is 11.9. The maximum atomic E-state index is 12.9. The van der Waals surface area contributed by atoms with Gasteiger partial charge in [0.15, 0.2) is 5.82 Å². The monoisotopic (exact) mass is 412 g/mol. The summed E-state index contributed by atoms with van der Waals surface area (Å²) < 4.78 is 0. The van der Waals surface area contributed by atoms with E-state index in [0.29, 0.717) is 24.7 Å². The number of aromatic nitrogens is 3. The molecule has 0 atom stereocenters. The van der Waals surface area contributed by atoms with E-state index in [1.54, 1.807) is 0 Å². The Morgan fingerprint density at radius 3 is 2.23 bits per heavy atom. The fourth-order valence-corrected chi connectivity index (χ4v) is 7.00. The SMILES string of the molecule is CN(C)c1nc(CNC(=O)CC23CC4CC(CC(C4)C2)C3)nc(N2CCCCC2)n1. The molecule has 1 aliphatic heterocycles. The van der Waals surface area contributed by atoms with Crippen molar-refractivity contribution in [2.24, 2.45) is 23.2 Å². The average Bonchev–Trinajstić information content (AvgIpc) is 2.71. The number of carbonyl (C=O) groups excluding carboxylic acids is 1. The Hall–Kier alpha value is -1.92. The Morgan fingerprint density at radius 2 is 1.63 bits per heavy atom. The number of carbonyl (C=O) groups is 1. The molecule has 164 valence electrons. The summed E-state index contributed by atoms with van der Waals surface area (Å²) in [5.41, 5.74) is 0.270. The molecule has 4 saturated carbocycles. The average molecular weight is 413 g/mol. The minimum atomic E-state index is 0.170. The minimum Gasteiger partial charge on any atom is -0.349 e.